The zero-order valence-electron chi connectivity index (χ0n) is 25.2. The predicted octanol–water partition coefficient (Wildman–Crippen LogP) is 7.17. The molecule has 0 atom stereocenters. The number of carbonyl (C=O) groups is 2. The van der Waals surface area contributed by atoms with Gasteiger partial charge in [-0.25, -0.2) is 9.78 Å². The maximum absolute atomic E-state index is 12.8. The fourth-order valence-electron chi connectivity index (χ4n) is 5.57. The number of hydrogen-bond donors (Lipinski definition) is 2. The molecule has 0 aliphatic heterocycles. The summed E-state index contributed by atoms with van der Waals surface area (Å²) in [6.07, 6.45) is 9.36. The van der Waals surface area contributed by atoms with E-state index in [9.17, 15) is 14.4 Å². The number of rotatable bonds is 5. The number of hydrogen-bond acceptors (Lipinski definition) is 7. The minimum Gasteiger partial charge on any atom is -0.403 e. The van der Waals surface area contributed by atoms with Crippen molar-refractivity contribution in [1.82, 2.24) is 20.3 Å². The van der Waals surface area contributed by atoms with Gasteiger partial charge in [0.1, 0.15) is 0 Å². The Hall–Kier alpha value is -6.22. The summed E-state index contributed by atoms with van der Waals surface area (Å²) in [5, 5.41) is 10.2. The third-order valence-electron chi connectivity index (χ3n) is 8.24. The van der Waals surface area contributed by atoms with Crippen molar-refractivity contribution in [2.24, 2.45) is 0 Å². The number of benzene rings is 4. The van der Waals surface area contributed by atoms with Crippen LogP contribution in [-0.2, 0) is 0 Å². The van der Waals surface area contributed by atoms with E-state index in [1.165, 1.54) is 6.20 Å². The average Bonchev–Trinajstić information content (AvgIpc) is 3.09. The topological polar surface area (TPSA) is 127 Å². The summed E-state index contributed by atoms with van der Waals surface area (Å²) in [6.45, 7) is 0. The van der Waals surface area contributed by atoms with Crippen LogP contribution in [0.25, 0.3) is 43.9 Å². The highest BCUT2D eigenvalue weighted by molar-refractivity contribution is 6.14. The molecule has 7 aromatic rings. The first kappa shape index (κ1) is 29.5. The first-order chi connectivity index (χ1) is 23.0. The second-order valence-corrected chi connectivity index (χ2v) is 11.2. The molecule has 1 fully saturated rings. The molecule has 9 heteroatoms. The monoisotopic (exact) mass is 619 g/mol. The van der Waals surface area contributed by atoms with Crippen LogP contribution in [0.5, 0.6) is 0 Å². The molecule has 0 radical (unpaired) electrons. The Labute approximate surface area is 269 Å². The lowest BCUT2D eigenvalue weighted by molar-refractivity contribution is 0.0917. The van der Waals surface area contributed by atoms with Gasteiger partial charge in [-0.15, -0.1) is 0 Å². The fraction of sp³-hybridized carbons (Fsp3) is 0.105. The molecule has 0 bridgehead atoms. The summed E-state index contributed by atoms with van der Waals surface area (Å²) in [7, 11) is 0. The second kappa shape index (κ2) is 13.0. The first-order valence-corrected chi connectivity index (χ1v) is 15.3. The number of anilines is 1. The Morgan fingerprint density at radius 1 is 0.681 bits per heavy atom. The van der Waals surface area contributed by atoms with Crippen LogP contribution in [0.4, 0.5) is 5.69 Å². The van der Waals surface area contributed by atoms with Gasteiger partial charge in [0.25, 0.3) is 11.8 Å². The van der Waals surface area contributed by atoms with Gasteiger partial charge in [-0.2, -0.15) is 0 Å². The maximum Gasteiger partial charge on any atom is 0.347 e. The Balaban J connectivity index is 0.000000153. The lowest BCUT2D eigenvalue weighted by Crippen LogP contribution is -2.39. The van der Waals surface area contributed by atoms with Crippen molar-refractivity contribution in [3.63, 3.8) is 0 Å². The van der Waals surface area contributed by atoms with E-state index < -0.39 is 5.63 Å². The molecule has 1 aliphatic rings. The fourth-order valence-corrected chi connectivity index (χ4v) is 5.57. The van der Waals surface area contributed by atoms with Gasteiger partial charge >= 0.3 is 5.63 Å². The molecule has 0 unspecified atom stereocenters. The van der Waals surface area contributed by atoms with Gasteiger partial charge in [0.05, 0.1) is 34.5 Å². The molecule has 4 aromatic carbocycles. The van der Waals surface area contributed by atoms with Crippen LogP contribution in [-0.4, -0.2) is 32.8 Å². The zero-order valence-corrected chi connectivity index (χ0v) is 25.2. The maximum atomic E-state index is 12.8. The van der Waals surface area contributed by atoms with Gasteiger partial charge in [0.2, 0.25) is 5.89 Å². The quantitative estimate of drug-likeness (QED) is 0.209. The van der Waals surface area contributed by atoms with Crippen LogP contribution < -0.4 is 16.3 Å². The minimum atomic E-state index is -0.398. The summed E-state index contributed by atoms with van der Waals surface area (Å²) in [6, 6.07) is 30.6. The molecule has 1 saturated carbocycles. The van der Waals surface area contributed by atoms with E-state index in [0.29, 0.717) is 33.6 Å². The number of carbonyl (C=O) groups excluding carboxylic acids is 2. The lowest BCUT2D eigenvalue weighted by Gasteiger charge is -2.26. The number of nitrogens with one attached hydrogen (secondary N) is 2. The van der Waals surface area contributed by atoms with Crippen molar-refractivity contribution < 1.29 is 14.0 Å². The number of fused-ring (bicyclic) bond motifs is 3. The molecule has 1 aliphatic carbocycles. The molecule has 47 heavy (non-hydrogen) atoms. The third kappa shape index (κ3) is 6.19. The molecular formula is C38H29N5O4. The number of pyridine rings is 2. The smallest absolute Gasteiger partial charge is 0.347 e. The molecule has 8 rings (SSSR count). The molecule has 3 aromatic heterocycles. The number of aromatic nitrogens is 3. The summed E-state index contributed by atoms with van der Waals surface area (Å²) in [4.78, 5) is 49.9. The summed E-state index contributed by atoms with van der Waals surface area (Å²) in [5.74, 6) is -0.116. The van der Waals surface area contributed by atoms with Crippen molar-refractivity contribution >= 4 is 49.9 Å². The van der Waals surface area contributed by atoms with Crippen LogP contribution in [0.2, 0.25) is 0 Å². The predicted molar refractivity (Wildman–Crippen MR) is 182 cm³/mol. The van der Waals surface area contributed by atoms with Crippen LogP contribution in [0, 0.1) is 0 Å². The van der Waals surface area contributed by atoms with Gasteiger partial charge in [-0.05, 0) is 65.1 Å². The van der Waals surface area contributed by atoms with Crippen LogP contribution in [0.1, 0.15) is 40.0 Å². The molecule has 230 valence electrons. The van der Waals surface area contributed by atoms with Gasteiger partial charge in [-0.3, -0.25) is 19.6 Å². The largest absolute Gasteiger partial charge is 0.403 e. The van der Waals surface area contributed by atoms with Gasteiger partial charge in [0, 0.05) is 29.6 Å². The van der Waals surface area contributed by atoms with E-state index in [1.54, 1.807) is 36.8 Å². The Morgan fingerprint density at radius 3 is 2.15 bits per heavy atom. The van der Waals surface area contributed by atoms with E-state index in [0.717, 1.165) is 46.4 Å². The Morgan fingerprint density at radius 2 is 1.36 bits per heavy atom. The molecule has 3 heterocycles. The lowest BCUT2D eigenvalue weighted by atomic mass is 9.93. The molecule has 0 saturated heterocycles. The summed E-state index contributed by atoms with van der Waals surface area (Å²) < 4.78 is 5.39. The van der Waals surface area contributed by atoms with E-state index in [2.05, 4.69) is 25.6 Å². The van der Waals surface area contributed by atoms with Crippen LogP contribution in [0.15, 0.2) is 131 Å². The molecule has 0 spiro atoms. The van der Waals surface area contributed by atoms with Crippen molar-refractivity contribution in [2.75, 3.05) is 5.32 Å². The van der Waals surface area contributed by atoms with Gasteiger partial charge in [0.15, 0.2) is 0 Å². The Bertz CT molecular complexity index is 2320. The van der Waals surface area contributed by atoms with Gasteiger partial charge < -0.3 is 15.1 Å². The van der Waals surface area contributed by atoms with E-state index in [-0.39, 0.29) is 17.9 Å². The molecular weight excluding hydrogens is 590 g/mol. The van der Waals surface area contributed by atoms with Crippen molar-refractivity contribution in [1.29, 1.82) is 0 Å². The number of nitrogens with zero attached hydrogens (tertiary/aromatic N) is 3. The normalized spacial score (nSPS) is 12.6. The molecule has 2 N–H and O–H groups in total. The molecule has 9 nitrogen and oxygen atoms in total. The van der Waals surface area contributed by atoms with Crippen LogP contribution >= 0.6 is 0 Å². The van der Waals surface area contributed by atoms with Crippen LogP contribution in [0.3, 0.4) is 0 Å². The number of amides is 2. The van der Waals surface area contributed by atoms with E-state index in [4.69, 9.17) is 4.42 Å². The SMILES string of the molecule is O=C(NC1CCC1)c1ccncc1NC(=O)c1cccc2ccccc12.O=c1oc(-c2cccc3ccccc23)nc2cnccc12. The average molecular weight is 620 g/mol. The summed E-state index contributed by atoms with van der Waals surface area (Å²) >= 11 is 0. The second-order valence-electron chi connectivity index (χ2n) is 11.2. The zero-order chi connectivity index (χ0) is 32.2. The minimum absolute atomic E-state index is 0.176. The standard InChI is InChI=1S/C21H19N3O2.C17H10N2O2/c25-20(17-10-3-6-14-5-1-2-9-16(14)17)24-19-13-22-12-11-18(19)21(26)23-15-7-4-8-15;20-17-14-8-9-18-10-15(14)19-16(21-17)13-7-3-5-11-4-1-2-6-12(11)13/h1-3,5-6,9-13,15H,4,7-8H2,(H,23,26)(H,24,25);1-10H. The van der Waals surface area contributed by atoms with Gasteiger partial charge in [-0.1, -0.05) is 72.8 Å². The van der Waals surface area contributed by atoms with Crippen molar-refractivity contribution in [3.05, 3.63) is 143 Å². The highest BCUT2D eigenvalue weighted by Crippen LogP contribution is 2.27. The van der Waals surface area contributed by atoms with Crippen molar-refractivity contribution in [3.8, 4) is 11.5 Å². The van der Waals surface area contributed by atoms with Crippen molar-refractivity contribution in [2.45, 2.75) is 25.3 Å². The first-order valence-electron chi connectivity index (χ1n) is 15.3. The summed E-state index contributed by atoms with van der Waals surface area (Å²) in [5.41, 5.74) is 2.36. The molecule has 2 amide bonds. The van der Waals surface area contributed by atoms with E-state index in [1.807, 2.05) is 78.9 Å². The highest BCUT2D eigenvalue weighted by atomic mass is 16.4. The third-order valence-corrected chi connectivity index (χ3v) is 8.24. The highest BCUT2D eigenvalue weighted by Gasteiger charge is 2.22. The Kier molecular flexibility index (Phi) is 8.17. The van der Waals surface area contributed by atoms with E-state index >= 15 is 0 Å².